The predicted molar refractivity (Wildman–Crippen MR) is 91.5 cm³/mol. The Kier molecular flexibility index (Phi) is 3.68. The first kappa shape index (κ1) is 15.3. The minimum absolute atomic E-state index is 0.372. The zero-order valence-electron chi connectivity index (χ0n) is 13.8. The van der Waals surface area contributed by atoms with Crippen molar-refractivity contribution >= 4 is 16.9 Å². The molecule has 0 unspecified atom stereocenters. The van der Waals surface area contributed by atoms with Crippen molar-refractivity contribution in [2.24, 2.45) is 0 Å². The number of rotatable bonds is 1. The molecule has 0 atom stereocenters. The minimum Gasteiger partial charge on any atom is -0.443 e. The number of ether oxygens (including phenoxy) is 1. The van der Waals surface area contributed by atoms with Gasteiger partial charge in [0.2, 0.25) is 0 Å². The first-order valence-corrected chi connectivity index (χ1v) is 7.60. The Morgan fingerprint density at radius 3 is 2.70 bits per heavy atom. The second-order valence-electron chi connectivity index (χ2n) is 6.63. The molecule has 0 aliphatic rings. The van der Waals surface area contributed by atoms with Crippen LogP contribution in [0.1, 0.15) is 26.3 Å². The Balaban J connectivity index is 2.08. The summed E-state index contributed by atoms with van der Waals surface area (Å²) in [5.41, 5.74) is 2.40. The first-order chi connectivity index (χ1) is 10.8. The lowest BCUT2D eigenvalue weighted by Gasteiger charge is -2.20. The lowest BCUT2D eigenvalue weighted by Crippen LogP contribution is -2.27. The molecule has 23 heavy (non-hydrogen) atoms. The van der Waals surface area contributed by atoms with E-state index in [1.807, 2.05) is 52.1 Å². The molecule has 0 N–H and O–H groups in total. The molecule has 0 bridgehead atoms. The highest BCUT2D eigenvalue weighted by atomic mass is 16.6. The zero-order valence-corrected chi connectivity index (χ0v) is 13.8. The maximum Gasteiger partial charge on any atom is 0.418 e. The van der Waals surface area contributed by atoms with Crippen molar-refractivity contribution in [3.8, 4) is 11.3 Å². The van der Waals surface area contributed by atoms with Gasteiger partial charge in [-0.2, -0.15) is 0 Å². The van der Waals surface area contributed by atoms with Crippen LogP contribution in [0.15, 0.2) is 48.9 Å². The molecule has 0 spiro atoms. The molecule has 0 amide bonds. The Morgan fingerprint density at radius 1 is 1.17 bits per heavy atom. The molecule has 2 heterocycles. The second-order valence-corrected chi connectivity index (χ2v) is 6.63. The van der Waals surface area contributed by atoms with E-state index in [2.05, 4.69) is 17.1 Å². The van der Waals surface area contributed by atoms with Crippen LogP contribution in [-0.2, 0) is 4.74 Å². The summed E-state index contributed by atoms with van der Waals surface area (Å²) in [5.74, 6) is 0. The average molecular weight is 308 g/mol. The lowest BCUT2D eigenvalue weighted by atomic mass is 10.0. The summed E-state index contributed by atoms with van der Waals surface area (Å²) in [7, 11) is 0. The number of hydrogen-bond donors (Lipinski definition) is 0. The van der Waals surface area contributed by atoms with Crippen molar-refractivity contribution < 1.29 is 9.53 Å². The van der Waals surface area contributed by atoms with Crippen LogP contribution in [0.25, 0.3) is 22.0 Å². The number of hydrogen-bond acceptors (Lipinski definition) is 3. The van der Waals surface area contributed by atoms with Gasteiger partial charge in [-0.1, -0.05) is 6.07 Å². The second kappa shape index (κ2) is 5.54. The Bertz CT molecular complexity index is 872. The van der Waals surface area contributed by atoms with Crippen molar-refractivity contribution in [3.05, 3.63) is 54.5 Å². The maximum atomic E-state index is 12.4. The van der Waals surface area contributed by atoms with E-state index >= 15 is 0 Å². The molecular formula is C19H20N2O2. The molecule has 0 radical (unpaired) electrons. The number of nitrogens with zero attached hydrogens (tertiary/aromatic N) is 2. The molecule has 2 aromatic heterocycles. The van der Waals surface area contributed by atoms with Crippen molar-refractivity contribution in [2.75, 3.05) is 0 Å². The van der Waals surface area contributed by atoms with Crippen molar-refractivity contribution in [1.29, 1.82) is 0 Å². The highest BCUT2D eigenvalue weighted by molar-refractivity contribution is 5.89. The van der Waals surface area contributed by atoms with Crippen LogP contribution in [0.3, 0.4) is 0 Å². The van der Waals surface area contributed by atoms with Gasteiger partial charge < -0.3 is 4.74 Å². The van der Waals surface area contributed by atoms with Gasteiger partial charge >= 0.3 is 6.09 Å². The molecule has 3 rings (SSSR count). The largest absolute Gasteiger partial charge is 0.443 e. The summed E-state index contributed by atoms with van der Waals surface area (Å²) < 4.78 is 7.03. The Labute approximate surface area is 135 Å². The van der Waals surface area contributed by atoms with Crippen LogP contribution in [0.4, 0.5) is 4.79 Å². The third-order valence-corrected chi connectivity index (χ3v) is 3.60. The Hall–Kier alpha value is -2.62. The van der Waals surface area contributed by atoms with Gasteiger partial charge in [0.15, 0.2) is 0 Å². The van der Waals surface area contributed by atoms with Crippen molar-refractivity contribution in [3.63, 3.8) is 0 Å². The molecule has 4 nitrogen and oxygen atoms in total. The van der Waals surface area contributed by atoms with Crippen LogP contribution < -0.4 is 0 Å². The lowest BCUT2D eigenvalue weighted by molar-refractivity contribution is 0.0540. The van der Waals surface area contributed by atoms with E-state index in [9.17, 15) is 4.79 Å². The third kappa shape index (κ3) is 3.11. The molecule has 0 aliphatic carbocycles. The van der Waals surface area contributed by atoms with Crippen LogP contribution in [0.2, 0.25) is 0 Å². The number of aromatic nitrogens is 2. The van der Waals surface area contributed by atoms with Gasteiger partial charge in [-0.05, 0) is 62.9 Å². The summed E-state index contributed by atoms with van der Waals surface area (Å²) in [6.45, 7) is 7.63. The number of carbonyl (C=O) groups excluding carboxylic acids is 1. The zero-order chi connectivity index (χ0) is 16.6. The van der Waals surface area contributed by atoms with Gasteiger partial charge in [-0.15, -0.1) is 0 Å². The molecule has 1 aromatic carbocycles. The Morgan fingerprint density at radius 2 is 1.96 bits per heavy atom. The smallest absolute Gasteiger partial charge is 0.418 e. The van der Waals surface area contributed by atoms with E-state index in [0.29, 0.717) is 0 Å². The minimum atomic E-state index is -0.527. The van der Waals surface area contributed by atoms with Gasteiger partial charge in [-0.25, -0.2) is 4.79 Å². The van der Waals surface area contributed by atoms with Gasteiger partial charge in [0.05, 0.1) is 5.69 Å². The maximum absolute atomic E-state index is 12.4. The highest BCUT2D eigenvalue weighted by Crippen LogP contribution is 2.29. The molecule has 0 saturated carbocycles. The van der Waals surface area contributed by atoms with Gasteiger partial charge in [0, 0.05) is 29.5 Å². The molecule has 3 aromatic rings. The van der Waals surface area contributed by atoms with Gasteiger partial charge in [-0.3, -0.25) is 9.55 Å². The summed E-state index contributed by atoms with van der Waals surface area (Å²) in [5, 5.41) is 2.18. The van der Waals surface area contributed by atoms with Crippen LogP contribution in [-0.4, -0.2) is 21.2 Å². The SMILES string of the molecule is Cc1cc2ccncc2cc1-c1cccn1C(=O)OC(C)(C)C. The highest BCUT2D eigenvalue weighted by Gasteiger charge is 2.20. The monoisotopic (exact) mass is 308 g/mol. The predicted octanol–water partition coefficient (Wildman–Crippen LogP) is 4.79. The summed E-state index contributed by atoms with van der Waals surface area (Å²) >= 11 is 0. The molecular weight excluding hydrogens is 288 g/mol. The van der Waals surface area contributed by atoms with Crippen LogP contribution in [0.5, 0.6) is 0 Å². The van der Waals surface area contributed by atoms with Crippen LogP contribution in [0, 0.1) is 6.92 Å². The molecule has 0 aliphatic heterocycles. The molecule has 0 fully saturated rings. The number of carbonyl (C=O) groups is 1. The van der Waals surface area contributed by atoms with Gasteiger partial charge in [0.25, 0.3) is 0 Å². The van der Waals surface area contributed by atoms with Crippen molar-refractivity contribution in [1.82, 2.24) is 9.55 Å². The first-order valence-electron chi connectivity index (χ1n) is 7.60. The molecule has 4 heteroatoms. The van der Waals surface area contributed by atoms with E-state index in [-0.39, 0.29) is 6.09 Å². The van der Waals surface area contributed by atoms with E-state index in [4.69, 9.17) is 4.74 Å². The van der Waals surface area contributed by atoms with E-state index in [0.717, 1.165) is 27.6 Å². The van der Waals surface area contributed by atoms with E-state index < -0.39 is 5.60 Å². The third-order valence-electron chi connectivity index (χ3n) is 3.60. The van der Waals surface area contributed by atoms with Crippen molar-refractivity contribution in [2.45, 2.75) is 33.3 Å². The summed E-state index contributed by atoms with van der Waals surface area (Å²) in [6, 6.07) is 9.94. The number of aryl methyl sites for hydroxylation is 1. The average Bonchev–Trinajstić information content (AvgIpc) is 2.94. The fourth-order valence-corrected chi connectivity index (χ4v) is 2.60. The normalized spacial score (nSPS) is 11.7. The standard InChI is InChI=1S/C19H20N2O2/c1-13-10-14-7-8-20-12-15(14)11-16(13)17-6-5-9-21(17)18(22)23-19(2,3)4/h5-12H,1-4H3. The number of fused-ring (bicyclic) bond motifs is 1. The fourth-order valence-electron chi connectivity index (χ4n) is 2.60. The molecule has 118 valence electrons. The quantitative estimate of drug-likeness (QED) is 0.649. The fraction of sp³-hybridized carbons (Fsp3) is 0.263. The topological polar surface area (TPSA) is 44.1 Å². The molecule has 0 saturated heterocycles. The van der Waals surface area contributed by atoms with E-state index in [1.165, 1.54) is 0 Å². The van der Waals surface area contributed by atoms with Gasteiger partial charge in [0.1, 0.15) is 5.60 Å². The number of pyridine rings is 1. The summed E-state index contributed by atoms with van der Waals surface area (Å²) in [6.07, 6.45) is 4.98. The number of benzene rings is 1. The van der Waals surface area contributed by atoms with Crippen LogP contribution >= 0.6 is 0 Å². The van der Waals surface area contributed by atoms with E-state index in [1.54, 1.807) is 17.0 Å². The summed E-state index contributed by atoms with van der Waals surface area (Å²) in [4.78, 5) is 16.6.